The van der Waals surface area contributed by atoms with Crippen molar-refractivity contribution in [2.45, 2.75) is 6.04 Å². The van der Waals surface area contributed by atoms with Gasteiger partial charge in [0, 0.05) is 16.3 Å². The minimum Gasteiger partial charge on any atom is -0.508 e. The van der Waals surface area contributed by atoms with Crippen molar-refractivity contribution in [3.63, 3.8) is 0 Å². The van der Waals surface area contributed by atoms with Gasteiger partial charge in [0.1, 0.15) is 11.8 Å². The Kier molecular flexibility index (Phi) is 3.92. The summed E-state index contributed by atoms with van der Waals surface area (Å²) in [6.45, 7) is 0. The highest BCUT2D eigenvalue weighted by molar-refractivity contribution is 6.30. The SMILES string of the molecule is NC(=O)C(Nc1ccc(Cl)cc1)c1ccccc1O. The van der Waals surface area contributed by atoms with Crippen LogP contribution in [0.4, 0.5) is 5.69 Å². The standard InChI is InChI=1S/C14H13ClN2O2/c15-9-5-7-10(8-6-9)17-13(14(16)19)11-3-1-2-4-12(11)18/h1-8,13,17-18H,(H2,16,19). The van der Waals surface area contributed by atoms with E-state index in [1.807, 2.05) is 0 Å². The maximum atomic E-state index is 11.5. The monoisotopic (exact) mass is 276 g/mol. The van der Waals surface area contributed by atoms with E-state index in [1.54, 1.807) is 42.5 Å². The van der Waals surface area contributed by atoms with Gasteiger partial charge in [-0.15, -0.1) is 0 Å². The van der Waals surface area contributed by atoms with Gasteiger partial charge in [0.25, 0.3) is 0 Å². The number of nitrogens with one attached hydrogen (secondary N) is 1. The van der Waals surface area contributed by atoms with Crippen molar-refractivity contribution in [1.82, 2.24) is 0 Å². The first-order chi connectivity index (χ1) is 9.08. The maximum Gasteiger partial charge on any atom is 0.244 e. The fourth-order valence-corrected chi connectivity index (χ4v) is 1.87. The molecule has 4 nitrogen and oxygen atoms in total. The van der Waals surface area contributed by atoms with Crippen LogP contribution in [0.2, 0.25) is 5.02 Å². The highest BCUT2D eigenvalue weighted by Crippen LogP contribution is 2.27. The van der Waals surface area contributed by atoms with Crippen LogP contribution in [-0.4, -0.2) is 11.0 Å². The molecular formula is C14H13ClN2O2. The maximum absolute atomic E-state index is 11.5. The predicted octanol–water partition coefficient (Wildman–Crippen LogP) is 2.68. The molecule has 1 amide bonds. The molecule has 0 fully saturated rings. The lowest BCUT2D eigenvalue weighted by Gasteiger charge is -2.18. The first-order valence-corrected chi connectivity index (χ1v) is 6.05. The van der Waals surface area contributed by atoms with Crippen LogP contribution >= 0.6 is 11.6 Å². The zero-order valence-corrected chi connectivity index (χ0v) is 10.8. The van der Waals surface area contributed by atoms with E-state index in [9.17, 15) is 9.90 Å². The van der Waals surface area contributed by atoms with Crippen LogP contribution in [0.1, 0.15) is 11.6 Å². The van der Waals surface area contributed by atoms with E-state index < -0.39 is 11.9 Å². The number of carbonyl (C=O) groups is 1. The van der Waals surface area contributed by atoms with E-state index in [0.29, 0.717) is 16.3 Å². The Bertz CT molecular complexity index is 584. The van der Waals surface area contributed by atoms with Crippen LogP contribution in [-0.2, 0) is 4.79 Å². The lowest BCUT2D eigenvalue weighted by atomic mass is 10.0. The molecule has 1 atom stereocenters. The molecule has 0 bridgehead atoms. The first kappa shape index (κ1) is 13.2. The first-order valence-electron chi connectivity index (χ1n) is 5.67. The number of carbonyl (C=O) groups excluding carboxylic acids is 1. The molecule has 2 rings (SSSR count). The molecule has 0 heterocycles. The van der Waals surface area contributed by atoms with Crippen molar-refractivity contribution in [1.29, 1.82) is 0 Å². The van der Waals surface area contributed by atoms with Crippen molar-refractivity contribution >= 4 is 23.2 Å². The summed E-state index contributed by atoms with van der Waals surface area (Å²) < 4.78 is 0. The van der Waals surface area contributed by atoms with E-state index in [1.165, 1.54) is 6.07 Å². The highest BCUT2D eigenvalue weighted by Gasteiger charge is 2.20. The van der Waals surface area contributed by atoms with Gasteiger partial charge in [-0.3, -0.25) is 4.79 Å². The van der Waals surface area contributed by atoms with Gasteiger partial charge in [0.05, 0.1) is 0 Å². The van der Waals surface area contributed by atoms with Crippen LogP contribution < -0.4 is 11.1 Å². The molecule has 0 saturated carbocycles. The second kappa shape index (κ2) is 5.63. The number of rotatable bonds is 4. The minimum absolute atomic E-state index is 0.0211. The molecule has 0 aliphatic heterocycles. The minimum atomic E-state index is -0.803. The number of anilines is 1. The van der Waals surface area contributed by atoms with Crippen molar-refractivity contribution in [2.24, 2.45) is 5.73 Å². The molecule has 0 saturated heterocycles. The molecule has 0 aliphatic rings. The Morgan fingerprint density at radius 3 is 2.37 bits per heavy atom. The van der Waals surface area contributed by atoms with Crippen molar-refractivity contribution < 1.29 is 9.90 Å². The second-order valence-corrected chi connectivity index (χ2v) is 4.48. The topological polar surface area (TPSA) is 75.4 Å². The summed E-state index contributed by atoms with van der Waals surface area (Å²) in [6.07, 6.45) is 0. The van der Waals surface area contributed by atoms with Gasteiger partial charge in [0.2, 0.25) is 5.91 Å². The van der Waals surface area contributed by atoms with E-state index in [4.69, 9.17) is 17.3 Å². The van der Waals surface area contributed by atoms with Gasteiger partial charge in [-0.25, -0.2) is 0 Å². The number of aromatic hydroxyl groups is 1. The molecule has 4 N–H and O–H groups in total. The average Bonchev–Trinajstić information content (AvgIpc) is 2.39. The van der Waals surface area contributed by atoms with Gasteiger partial charge < -0.3 is 16.2 Å². The lowest BCUT2D eigenvalue weighted by Crippen LogP contribution is -2.27. The molecule has 0 aliphatic carbocycles. The number of primary amides is 1. The Hall–Kier alpha value is -2.20. The zero-order valence-electron chi connectivity index (χ0n) is 10.0. The normalized spacial score (nSPS) is 11.8. The number of phenols is 1. The Balaban J connectivity index is 2.29. The molecule has 1 unspecified atom stereocenters. The number of halogens is 1. The van der Waals surface area contributed by atoms with Crippen LogP contribution in [0.15, 0.2) is 48.5 Å². The van der Waals surface area contributed by atoms with Crippen LogP contribution in [0, 0.1) is 0 Å². The quantitative estimate of drug-likeness (QED) is 0.804. The zero-order chi connectivity index (χ0) is 13.8. The summed E-state index contributed by atoms with van der Waals surface area (Å²) >= 11 is 5.79. The van der Waals surface area contributed by atoms with Gasteiger partial charge in [-0.1, -0.05) is 29.8 Å². The summed E-state index contributed by atoms with van der Waals surface area (Å²) in [6, 6.07) is 12.6. The largest absolute Gasteiger partial charge is 0.508 e. The molecule has 5 heteroatoms. The van der Waals surface area contributed by atoms with Gasteiger partial charge in [0.15, 0.2) is 0 Å². The van der Waals surface area contributed by atoms with E-state index >= 15 is 0 Å². The summed E-state index contributed by atoms with van der Waals surface area (Å²) in [5, 5.41) is 13.4. The van der Waals surface area contributed by atoms with Crippen LogP contribution in [0.25, 0.3) is 0 Å². The number of nitrogens with two attached hydrogens (primary N) is 1. The molecule has 19 heavy (non-hydrogen) atoms. The van der Waals surface area contributed by atoms with Crippen molar-refractivity contribution in [2.75, 3.05) is 5.32 Å². The fourth-order valence-electron chi connectivity index (χ4n) is 1.75. The Labute approximate surface area is 115 Å². The van der Waals surface area contributed by atoms with Crippen LogP contribution in [0.3, 0.4) is 0 Å². The molecule has 98 valence electrons. The molecule has 2 aromatic carbocycles. The second-order valence-electron chi connectivity index (χ2n) is 4.05. The third-order valence-corrected chi connectivity index (χ3v) is 2.94. The third-order valence-electron chi connectivity index (χ3n) is 2.69. The lowest BCUT2D eigenvalue weighted by molar-refractivity contribution is -0.118. The van der Waals surface area contributed by atoms with Gasteiger partial charge in [-0.05, 0) is 30.3 Å². The molecule has 0 spiro atoms. The van der Waals surface area contributed by atoms with Crippen LogP contribution in [0.5, 0.6) is 5.75 Å². The number of amides is 1. The van der Waals surface area contributed by atoms with E-state index in [0.717, 1.165) is 0 Å². The number of hydrogen-bond donors (Lipinski definition) is 3. The van der Waals surface area contributed by atoms with Crippen molar-refractivity contribution in [3.8, 4) is 5.75 Å². The van der Waals surface area contributed by atoms with E-state index in [-0.39, 0.29) is 5.75 Å². The smallest absolute Gasteiger partial charge is 0.244 e. The van der Waals surface area contributed by atoms with E-state index in [2.05, 4.69) is 5.32 Å². The average molecular weight is 277 g/mol. The molecular weight excluding hydrogens is 264 g/mol. The van der Waals surface area contributed by atoms with Crippen molar-refractivity contribution in [3.05, 3.63) is 59.1 Å². The Morgan fingerprint density at radius 2 is 1.79 bits per heavy atom. The highest BCUT2D eigenvalue weighted by atomic mass is 35.5. The number of hydrogen-bond acceptors (Lipinski definition) is 3. The summed E-state index contributed by atoms with van der Waals surface area (Å²) in [4.78, 5) is 11.5. The third kappa shape index (κ3) is 3.17. The Morgan fingerprint density at radius 1 is 1.16 bits per heavy atom. The molecule has 0 aromatic heterocycles. The summed E-state index contributed by atoms with van der Waals surface area (Å²) in [5.74, 6) is -0.552. The summed E-state index contributed by atoms with van der Waals surface area (Å²) in [5.41, 5.74) is 6.50. The fraction of sp³-hybridized carbons (Fsp3) is 0.0714. The molecule has 2 aromatic rings. The number of benzene rings is 2. The predicted molar refractivity (Wildman–Crippen MR) is 75.1 cm³/mol. The number of para-hydroxylation sites is 1. The van der Waals surface area contributed by atoms with Gasteiger partial charge in [-0.2, -0.15) is 0 Å². The summed E-state index contributed by atoms with van der Waals surface area (Å²) in [7, 11) is 0. The number of phenolic OH excluding ortho intramolecular Hbond substituents is 1. The molecule has 0 radical (unpaired) electrons. The van der Waals surface area contributed by atoms with Gasteiger partial charge >= 0.3 is 0 Å².